The Labute approximate surface area is 124 Å². The molecule has 0 bridgehead atoms. The molecule has 3 heterocycles. The van der Waals surface area contributed by atoms with Crippen molar-refractivity contribution >= 4 is 5.82 Å². The zero-order chi connectivity index (χ0) is 14.8. The maximum Gasteiger partial charge on any atom is 0.229 e. The van der Waals surface area contributed by atoms with Crippen LogP contribution in [-0.4, -0.2) is 26.7 Å². The normalized spacial score (nSPS) is 18.7. The lowest BCUT2D eigenvalue weighted by molar-refractivity contribution is 0.358. The van der Waals surface area contributed by atoms with E-state index in [-0.39, 0.29) is 12.0 Å². The summed E-state index contributed by atoms with van der Waals surface area (Å²) in [6, 6.07) is 2.21. The van der Waals surface area contributed by atoms with Crippen LogP contribution in [0.1, 0.15) is 63.0 Å². The molecule has 1 atom stereocenters. The number of aryl methyl sites for hydroxylation is 1. The first-order valence-electron chi connectivity index (χ1n) is 7.60. The Balaban J connectivity index is 1.87. The van der Waals surface area contributed by atoms with Gasteiger partial charge >= 0.3 is 0 Å². The summed E-state index contributed by atoms with van der Waals surface area (Å²) in [6.45, 7) is 7.18. The molecule has 0 aromatic carbocycles. The highest BCUT2D eigenvalue weighted by molar-refractivity contribution is 5.42. The molecule has 0 radical (unpaired) electrons. The summed E-state index contributed by atoms with van der Waals surface area (Å²) in [5.41, 5.74) is 1.06. The van der Waals surface area contributed by atoms with Crippen LogP contribution in [0.2, 0.25) is 0 Å². The smallest absolute Gasteiger partial charge is 0.229 e. The summed E-state index contributed by atoms with van der Waals surface area (Å²) in [6.07, 6.45) is 4.69. The highest BCUT2D eigenvalue weighted by Crippen LogP contribution is 2.34. The van der Waals surface area contributed by atoms with Crippen molar-refractivity contribution in [3.05, 3.63) is 29.8 Å². The van der Waals surface area contributed by atoms with Gasteiger partial charge < -0.3 is 9.42 Å². The zero-order valence-corrected chi connectivity index (χ0v) is 12.8. The monoisotopic (exact) mass is 287 g/mol. The lowest BCUT2D eigenvalue weighted by Gasteiger charge is -2.23. The van der Waals surface area contributed by atoms with E-state index in [1.54, 1.807) is 6.33 Å². The summed E-state index contributed by atoms with van der Waals surface area (Å²) in [5.74, 6) is 2.69. The molecule has 2 aromatic rings. The van der Waals surface area contributed by atoms with Gasteiger partial charge in [-0.15, -0.1) is 0 Å². The fourth-order valence-corrected chi connectivity index (χ4v) is 2.66. The van der Waals surface area contributed by atoms with Crippen molar-refractivity contribution in [2.45, 2.75) is 52.0 Å². The summed E-state index contributed by atoms with van der Waals surface area (Å²) in [5, 5.41) is 4.17. The summed E-state index contributed by atoms with van der Waals surface area (Å²) < 4.78 is 5.35. The Hall–Kier alpha value is -1.98. The summed E-state index contributed by atoms with van der Waals surface area (Å²) in [7, 11) is 0. The average Bonchev–Trinajstić information content (AvgIpc) is 3.15. The molecule has 21 heavy (non-hydrogen) atoms. The van der Waals surface area contributed by atoms with Crippen molar-refractivity contribution in [3.63, 3.8) is 0 Å². The van der Waals surface area contributed by atoms with Gasteiger partial charge in [0.2, 0.25) is 5.89 Å². The van der Waals surface area contributed by atoms with Crippen LogP contribution in [0, 0.1) is 0 Å². The van der Waals surface area contributed by atoms with Gasteiger partial charge in [-0.05, 0) is 19.3 Å². The van der Waals surface area contributed by atoms with E-state index in [2.05, 4.69) is 51.8 Å². The largest absolute Gasteiger partial charge is 0.346 e. The first kappa shape index (κ1) is 14.0. The van der Waals surface area contributed by atoms with Gasteiger partial charge in [-0.1, -0.05) is 25.9 Å². The number of anilines is 1. The molecule has 0 N–H and O–H groups in total. The molecule has 1 aliphatic heterocycles. The Morgan fingerprint density at radius 2 is 2.24 bits per heavy atom. The third kappa shape index (κ3) is 2.75. The highest BCUT2D eigenvalue weighted by atomic mass is 16.5. The molecule has 1 saturated heterocycles. The molecule has 1 fully saturated rings. The van der Waals surface area contributed by atoms with Gasteiger partial charge in [-0.3, -0.25) is 0 Å². The van der Waals surface area contributed by atoms with E-state index in [1.807, 2.05) is 0 Å². The van der Waals surface area contributed by atoms with Crippen LogP contribution in [0.3, 0.4) is 0 Å². The van der Waals surface area contributed by atoms with Crippen LogP contribution in [0.15, 0.2) is 16.9 Å². The lowest BCUT2D eigenvalue weighted by Crippen LogP contribution is -2.24. The molecule has 2 aromatic heterocycles. The van der Waals surface area contributed by atoms with Gasteiger partial charge in [0.15, 0.2) is 5.82 Å². The quantitative estimate of drug-likeness (QED) is 0.861. The van der Waals surface area contributed by atoms with Crippen molar-refractivity contribution in [1.29, 1.82) is 0 Å². The van der Waals surface area contributed by atoms with E-state index < -0.39 is 0 Å². The molecule has 0 unspecified atom stereocenters. The molecule has 112 valence electrons. The predicted octanol–water partition coefficient (Wildman–Crippen LogP) is 2.89. The van der Waals surface area contributed by atoms with Crippen molar-refractivity contribution in [2.24, 2.45) is 0 Å². The lowest BCUT2D eigenvalue weighted by atomic mass is 10.2. The summed E-state index contributed by atoms with van der Waals surface area (Å²) >= 11 is 0. The molecule has 3 rings (SSSR count). The Morgan fingerprint density at radius 1 is 1.38 bits per heavy atom. The van der Waals surface area contributed by atoms with Crippen molar-refractivity contribution in [3.8, 4) is 0 Å². The third-order valence-corrected chi connectivity index (χ3v) is 3.87. The number of hydrogen-bond donors (Lipinski definition) is 0. The van der Waals surface area contributed by atoms with Crippen molar-refractivity contribution in [1.82, 2.24) is 20.1 Å². The fraction of sp³-hybridized carbons (Fsp3) is 0.600. The van der Waals surface area contributed by atoms with Crippen molar-refractivity contribution < 1.29 is 4.52 Å². The first-order valence-corrected chi connectivity index (χ1v) is 7.60. The van der Waals surface area contributed by atoms with Crippen LogP contribution in [0.25, 0.3) is 0 Å². The van der Waals surface area contributed by atoms with Crippen molar-refractivity contribution in [2.75, 3.05) is 11.4 Å². The second-order valence-corrected chi connectivity index (χ2v) is 5.72. The number of hydrogen-bond acceptors (Lipinski definition) is 6. The molecule has 1 aliphatic rings. The van der Waals surface area contributed by atoms with E-state index in [0.29, 0.717) is 5.89 Å². The molecule has 0 aliphatic carbocycles. The van der Waals surface area contributed by atoms with Crippen LogP contribution < -0.4 is 4.90 Å². The molecule has 0 spiro atoms. The van der Waals surface area contributed by atoms with E-state index in [4.69, 9.17) is 4.52 Å². The second-order valence-electron chi connectivity index (χ2n) is 5.72. The van der Waals surface area contributed by atoms with E-state index >= 15 is 0 Å². The number of nitrogens with zero attached hydrogens (tertiary/aromatic N) is 5. The van der Waals surface area contributed by atoms with Gasteiger partial charge in [0.25, 0.3) is 0 Å². The Kier molecular flexibility index (Phi) is 3.86. The van der Waals surface area contributed by atoms with Crippen LogP contribution >= 0.6 is 0 Å². The minimum Gasteiger partial charge on any atom is -0.346 e. The van der Waals surface area contributed by atoms with Crippen LogP contribution in [-0.2, 0) is 6.42 Å². The van der Waals surface area contributed by atoms with Gasteiger partial charge in [-0.2, -0.15) is 4.98 Å². The molecular formula is C15H21N5O. The zero-order valence-electron chi connectivity index (χ0n) is 12.8. The number of rotatable bonds is 4. The number of aromatic nitrogens is 4. The molecule has 6 heteroatoms. The SMILES string of the molecule is CCc1cc(N2CCC[C@@H]2c2noc(C(C)C)n2)ncn1. The standard InChI is InChI=1S/C15H21N5O/c1-4-11-8-13(17-9-16-11)20-7-5-6-12(20)14-18-15(10(2)3)21-19-14/h8-10,12H,4-7H2,1-3H3/t12-/m1/s1. The van der Waals surface area contributed by atoms with Gasteiger partial charge in [-0.25, -0.2) is 9.97 Å². The third-order valence-electron chi connectivity index (χ3n) is 3.87. The van der Waals surface area contributed by atoms with E-state index in [9.17, 15) is 0 Å². The molecule has 0 saturated carbocycles. The average molecular weight is 287 g/mol. The Bertz CT molecular complexity index is 610. The minimum atomic E-state index is 0.154. The highest BCUT2D eigenvalue weighted by Gasteiger charge is 2.31. The maximum absolute atomic E-state index is 5.35. The topological polar surface area (TPSA) is 67.9 Å². The predicted molar refractivity (Wildman–Crippen MR) is 79.1 cm³/mol. The molecule has 6 nitrogen and oxygen atoms in total. The first-order chi connectivity index (χ1) is 10.2. The summed E-state index contributed by atoms with van der Waals surface area (Å²) in [4.78, 5) is 15.5. The Morgan fingerprint density at radius 3 is 2.95 bits per heavy atom. The second kappa shape index (κ2) is 5.79. The van der Waals surface area contributed by atoms with E-state index in [1.165, 1.54) is 0 Å². The van der Waals surface area contributed by atoms with Gasteiger partial charge in [0.05, 0.1) is 6.04 Å². The van der Waals surface area contributed by atoms with E-state index in [0.717, 1.165) is 43.1 Å². The molecular weight excluding hydrogens is 266 g/mol. The molecule has 0 amide bonds. The van der Waals surface area contributed by atoms with Gasteiger partial charge in [0, 0.05) is 24.2 Å². The van der Waals surface area contributed by atoms with Crippen LogP contribution in [0.4, 0.5) is 5.82 Å². The minimum absolute atomic E-state index is 0.154. The fourth-order valence-electron chi connectivity index (χ4n) is 2.66. The maximum atomic E-state index is 5.35. The van der Waals surface area contributed by atoms with Gasteiger partial charge in [0.1, 0.15) is 12.1 Å². The van der Waals surface area contributed by atoms with Crippen LogP contribution in [0.5, 0.6) is 0 Å².